The highest BCUT2D eigenvalue weighted by Gasteiger charge is 2.15. The van der Waals surface area contributed by atoms with Crippen molar-refractivity contribution in [3.63, 3.8) is 0 Å². The van der Waals surface area contributed by atoms with Gasteiger partial charge < -0.3 is 16.2 Å². The summed E-state index contributed by atoms with van der Waals surface area (Å²) in [5.74, 6) is 0.664. The van der Waals surface area contributed by atoms with Gasteiger partial charge in [-0.25, -0.2) is 0 Å². The van der Waals surface area contributed by atoms with Crippen LogP contribution in [0.25, 0.3) is 10.9 Å². The van der Waals surface area contributed by atoms with Crippen LogP contribution in [0.2, 0.25) is 0 Å². The molecule has 1 heterocycles. The Hall–Kier alpha value is -2.14. The highest BCUT2D eigenvalue weighted by atomic mass is 16.5. The van der Waals surface area contributed by atoms with Crippen LogP contribution in [-0.2, 0) is 24.2 Å². The van der Waals surface area contributed by atoms with Crippen LogP contribution >= 0.6 is 0 Å². The second-order valence-electron chi connectivity index (χ2n) is 6.86. The number of hydrogen-bond donors (Lipinski definition) is 2. The highest BCUT2D eigenvalue weighted by molar-refractivity contribution is 5.85. The molecule has 4 N–H and O–H groups in total. The van der Waals surface area contributed by atoms with Gasteiger partial charge in [-0.3, -0.25) is 9.78 Å². The quantitative estimate of drug-likeness (QED) is 0.732. The van der Waals surface area contributed by atoms with Crippen LogP contribution in [0.5, 0.6) is 5.75 Å². The van der Waals surface area contributed by atoms with Gasteiger partial charge in [-0.05, 0) is 54.5 Å². The molecule has 1 aromatic carbocycles. The van der Waals surface area contributed by atoms with Gasteiger partial charge in [-0.15, -0.1) is 0 Å². The molecule has 0 saturated carbocycles. The molecule has 0 aliphatic carbocycles. The number of aryl methyl sites for hydroxylation is 1. The maximum atomic E-state index is 11.0. The predicted octanol–water partition coefficient (Wildman–Crippen LogP) is 3.10. The normalized spacial score (nSPS) is 11.2. The average Bonchev–Trinajstić information content (AvgIpc) is 2.57. The van der Waals surface area contributed by atoms with E-state index < -0.39 is 5.91 Å². The van der Waals surface area contributed by atoms with Crippen molar-refractivity contribution in [1.29, 1.82) is 0 Å². The van der Waals surface area contributed by atoms with E-state index in [-0.39, 0.29) is 6.61 Å². The lowest BCUT2D eigenvalue weighted by Gasteiger charge is -2.18. The Morgan fingerprint density at radius 1 is 1.28 bits per heavy atom. The number of carbonyl (C=O) groups excluding carboxylic acids is 1. The lowest BCUT2D eigenvalue weighted by atomic mass is 9.93. The van der Waals surface area contributed by atoms with Crippen molar-refractivity contribution in [1.82, 2.24) is 4.98 Å². The molecule has 2 rings (SSSR count). The Morgan fingerprint density at radius 2 is 2.04 bits per heavy atom. The molecule has 5 heteroatoms. The summed E-state index contributed by atoms with van der Waals surface area (Å²) in [6.07, 6.45) is 4.10. The number of pyridine rings is 1. The number of aromatic nitrogens is 1. The molecule has 0 aliphatic rings. The molecule has 0 saturated heterocycles. The van der Waals surface area contributed by atoms with E-state index in [1.54, 1.807) is 0 Å². The second-order valence-corrected chi connectivity index (χ2v) is 6.86. The van der Waals surface area contributed by atoms with E-state index in [4.69, 9.17) is 21.2 Å². The van der Waals surface area contributed by atoms with Crippen molar-refractivity contribution < 1.29 is 9.53 Å². The Balaban J connectivity index is 2.56. The molecule has 5 nitrogen and oxygen atoms in total. The zero-order valence-corrected chi connectivity index (χ0v) is 15.5. The van der Waals surface area contributed by atoms with Crippen molar-refractivity contribution >= 4 is 16.8 Å². The van der Waals surface area contributed by atoms with Gasteiger partial charge >= 0.3 is 0 Å². The Bertz CT molecular complexity index is 741. The maximum Gasteiger partial charge on any atom is 0.255 e. The standard InChI is InChI=1S/C20H29N3O2/c1-4-5-6-15-16-10-14(25-12-20(22)24)7-8-18(16)23-19(9-13(2)3)17(15)11-21/h7-8,10,13H,4-6,9,11-12,21H2,1-3H3,(H2,22,24). The van der Waals surface area contributed by atoms with Gasteiger partial charge in [0.1, 0.15) is 5.75 Å². The first-order valence-corrected chi connectivity index (χ1v) is 9.01. The number of rotatable bonds is 9. The minimum Gasteiger partial charge on any atom is -0.484 e. The summed E-state index contributed by atoms with van der Waals surface area (Å²) in [6, 6.07) is 5.74. The number of fused-ring (bicyclic) bond motifs is 1. The minimum absolute atomic E-state index is 0.127. The van der Waals surface area contributed by atoms with Crippen molar-refractivity contribution in [3.05, 3.63) is 35.0 Å². The second kappa shape index (κ2) is 8.81. The third kappa shape index (κ3) is 4.92. The fourth-order valence-corrected chi connectivity index (χ4v) is 3.08. The van der Waals surface area contributed by atoms with Gasteiger partial charge in [-0.2, -0.15) is 0 Å². The number of nitrogens with zero attached hydrogens (tertiary/aromatic N) is 1. The van der Waals surface area contributed by atoms with Crippen LogP contribution in [0.3, 0.4) is 0 Å². The number of benzene rings is 1. The Morgan fingerprint density at radius 3 is 2.64 bits per heavy atom. The number of nitrogens with two attached hydrogens (primary N) is 2. The summed E-state index contributed by atoms with van der Waals surface area (Å²) >= 11 is 0. The molecular weight excluding hydrogens is 314 g/mol. The van der Waals surface area contributed by atoms with Crippen LogP contribution in [0, 0.1) is 5.92 Å². The van der Waals surface area contributed by atoms with Gasteiger partial charge in [-0.1, -0.05) is 27.2 Å². The third-order valence-corrected chi connectivity index (χ3v) is 4.23. The molecular formula is C20H29N3O2. The molecule has 0 aliphatic heterocycles. The summed E-state index contributed by atoms with van der Waals surface area (Å²) in [6.45, 7) is 6.92. The summed E-state index contributed by atoms with van der Waals surface area (Å²) in [5, 5.41) is 1.06. The molecule has 0 radical (unpaired) electrons. The molecule has 1 amide bonds. The summed E-state index contributed by atoms with van der Waals surface area (Å²) in [5.41, 5.74) is 15.7. The number of hydrogen-bond acceptors (Lipinski definition) is 4. The van der Waals surface area contributed by atoms with Gasteiger partial charge in [0.25, 0.3) is 5.91 Å². The van der Waals surface area contributed by atoms with E-state index in [1.165, 1.54) is 5.56 Å². The average molecular weight is 343 g/mol. The number of primary amides is 1. The number of ether oxygens (including phenoxy) is 1. The van der Waals surface area contributed by atoms with E-state index in [0.717, 1.165) is 47.8 Å². The first-order valence-electron chi connectivity index (χ1n) is 9.01. The van der Waals surface area contributed by atoms with Crippen LogP contribution in [0.15, 0.2) is 18.2 Å². The fraction of sp³-hybridized carbons (Fsp3) is 0.500. The van der Waals surface area contributed by atoms with E-state index in [2.05, 4.69) is 20.8 Å². The molecule has 1 aromatic heterocycles. The van der Waals surface area contributed by atoms with Crippen molar-refractivity contribution in [2.24, 2.45) is 17.4 Å². The Kier molecular flexibility index (Phi) is 6.76. The van der Waals surface area contributed by atoms with Crippen molar-refractivity contribution in [2.75, 3.05) is 6.61 Å². The molecule has 0 fully saturated rings. The van der Waals surface area contributed by atoms with Crippen molar-refractivity contribution in [3.8, 4) is 5.75 Å². The zero-order valence-electron chi connectivity index (χ0n) is 15.5. The molecule has 25 heavy (non-hydrogen) atoms. The number of amides is 1. The SMILES string of the molecule is CCCCc1c(CN)c(CC(C)C)nc2ccc(OCC(N)=O)cc12. The van der Waals surface area contributed by atoms with Gasteiger partial charge in [0.05, 0.1) is 5.52 Å². The number of carbonyl (C=O) groups is 1. The topological polar surface area (TPSA) is 91.2 Å². The molecule has 136 valence electrons. The summed E-state index contributed by atoms with van der Waals surface area (Å²) in [7, 11) is 0. The van der Waals surface area contributed by atoms with E-state index in [0.29, 0.717) is 18.2 Å². The third-order valence-electron chi connectivity index (χ3n) is 4.23. The molecule has 0 unspecified atom stereocenters. The van der Waals surface area contributed by atoms with Crippen LogP contribution in [0.4, 0.5) is 0 Å². The Labute approximate surface area is 149 Å². The lowest BCUT2D eigenvalue weighted by molar-refractivity contribution is -0.119. The van der Waals surface area contributed by atoms with Gasteiger partial charge in [0.2, 0.25) is 0 Å². The first-order chi connectivity index (χ1) is 12.0. The maximum absolute atomic E-state index is 11.0. The van der Waals surface area contributed by atoms with E-state index in [9.17, 15) is 4.79 Å². The fourth-order valence-electron chi connectivity index (χ4n) is 3.08. The highest BCUT2D eigenvalue weighted by Crippen LogP contribution is 2.29. The summed E-state index contributed by atoms with van der Waals surface area (Å²) < 4.78 is 5.47. The first kappa shape index (κ1) is 19.2. The smallest absolute Gasteiger partial charge is 0.255 e. The van der Waals surface area contributed by atoms with Gasteiger partial charge in [0, 0.05) is 17.6 Å². The van der Waals surface area contributed by atoms with Crippen molar-refractivity contribution in [2.45, 2.75) is 53.0 Å². The lowest BCUT2D eigenvalue weighted by Crippen LogP contribution is -2.20. The largest absolute Gasteiger partial charge is 0.484 e. The van der Waals surface area contributed by atoms with Gasteiger partial charge in [0.15, 0.2) is 6.61 Å². The summed E-state index contributed by atoms with van der Waals surface area (Å²) in [4.78, 5) is 15.8. The van der Waals surface area contributed by atoms with E-state index in [1.807, 2.05) is 18.2 Å². The van der Waals surface area contributed by atoms with Crippen LogP contribution < -0.4 is 16.2 Å². The minimum atomic E-state index is -0.487. The number of unbranched alkanes of at least 4 members (excludes halogenated alkanes) is 1. The molecule has 0 bridgehead atoms. The predicted molar refractivity (Wildman–Crippen MR) is 101 cm³/mol. The van der Waals surface area contributed by atoms with Crippen LogP contribution in [0.1, 0.15) is 50.4 Å². The molecule has 0 spiro atoms. The van der Waals surface area contributed by atoms with Crippen LogP contribution in [-0.4, -0.2) is 17.5 Å². The van der Waals surface area contributed by atoms with E-state index >= 15 is 0 Å². The molecule has 0 atom stereocenters. The monoisotopic (exact) mass is 343 g/mol. The zero-order chi connectivity index (χ0) is 18.4. The molecule has 2 aromatic rings.